The molecule has 1 heterocycles. The van der Waals surface area contributed by atoms with Crippen LogP contribution in [-0.4, -0.2) is 15.8 Å². The first-order valence-corrected chi connectivity index (χ1v) is 7.96. The van der Waals surface area contributed by atoms with Crippen LogP contribution in [0, 0.1) is 0 Å². The van der Waals surface area contributed by atoms with Crippen LogP contribution in [0.3, 0.4) is 0 Å². The van der Waals surface area contributed by atoms with Crippen LogP contribution >= 0.6 is 23.2 Å². The van der Waals surface area contributed by atoms with E-state index in [9.17, 15) is 4.79 Å². The summed E-state index contributed by atoms with van der Waals surface area (Å²) in [4.78, 5) is 12.0. The summed E-state index contributed by atoms with van der Waals surface area (Å²) < 4.78 is 1.70. The van der Waals surface area contributed by atoms with Crippen molar-refractivity contribution in [3.63, 3.8) is 0 Å². The summed E-state index contributed by atoms with van der Waals surface area (Å²) in [5.41, 5.74) is 1.56. The number of carbonyl (C=O) groups is 1. The standard InChI is InChI=1S/C17H14Cl2N4O/c18-13-5-3-6-14(10-13)20-17(24)21-16-8-9-23(22-16)11-12-4-1-2-7-15(12)19/h1-10H,11H2,(H2,20,21,22,24). The molecule has 1 aromatic heterocycles. The molecule has 0 atom stereocenters. The van der Waals surface area contributed by atoms with E-state index in [1.807, 2.05) is 24.3 Å². The van der Waals surface area contributed by atoms with Gasteiger partial charge in [0.25, 0.3) is 0 Å². The van der Waals surface area contributed by atoms with Gasteiger partial charge < -0.3 is 5.32 Å². The van der Waals surface area contributed by atoms with Crippen LogP contribution in [0.1, 0.15) is 5.56 Å². The number of benzene rings is 2. The Morgan fingerprint density at radius 3 is 2.67 bits per heavy atom. The van der Waals surface area contributed by atoms with E-state index in [0.29, 0.717) is 28.1 Å². The van der Waals surface area contributed by atoms with Gasteiger partial charge in [-0.3, -0.25) is 10.00 Å². The molecule has 7 heteroatoms. The summed E-state index contributed by atoms with van der Waals surface area (Å²) in [5, 5.41) is 10.9. The molecule has 0 unspecified atom stereocenters. The summed E-state index contributed by atoms with van der Waals surface area (Å²) >= 11 is 12.0. The molecule has 0 saturated heterocycles. The summed E-state index contributed by atoms with van der Waals surface area (Å²) in [6.45, 7) is 0.525. The van der Waals surface area contributed by atoms with Gasteiger partial charge in [-0.2, -0.15) is 5.10 Å². The van der Waals surface area contributed by atoms with Gasteiger partial charge in [0.05, 0.1) is 6.54 Å². The zero-order valence-electron chi connectivity index (χ0n) is 12.5. The lowest BCUT2D eigenvalue weighted by Crippen LogP contribution is -2.19. The molecular formula is C17H14Cl2N4O. The van der Waals surface area contributed by atoms with Gasteiger partial charge in [0.2, 0.25) is 0 Å². The minimum atomic E-state index is -0.389. The zero-order chi connectivity index (χ0) is 16.9. The number of halogens is 2. The van der Waals surface area contributed by atoms with Gasteiger partial charge in [-0.25, -0.2) is 4.79 Å². The average molecular weight is 361 g/mol. The smallest absolute Gasteiger partial charge is 0.308 e. The van der Waals surface area contributed by atoms with E-state index in [0.717, 1.165) is 5.56 Å². The number of urea groups is 1. The van der Waals surface area contributed by atoms with E-state index in [4.69, 9.17) is 23.2 Å². The molecule has 2 amide bonds. The summed E-state index contributed by atoms with van der Waals surface area (Å²) in [7, 11) is 0. The van der Waals surface area contributed by atoms with E-state index < -0.39 is 0 Å². The average Bonchev–Trinajstić information content (AvgIpc) is 2.96. The predicted octanol–water partition coefficient (Wildman–Crippen LogP) is 4.88. The van der Waals surface area contributed by atoms with Crippen LogP contribution in [0.2, 0.25) is 10.0 Å². The molecule has 0 aliphatic heterocycles. The second-order valence-electron chi connectivity index (χ2n) is 5.08. The molecule has 3 aromatic rings. The van der Waals surface area contributed by atoms with Crippen molar-refractivity contribution >= 4 is 40.7 Å². The molecule has 0 aliphatic carbocycles. The topological polar surface area (TPSA) is 59.0 Å². The number of amides is 2. The lowest BCUT2D eigenvalue weighted by molar-refractivity contribution is 0.262. The first-order valence-electron chi connectivity index (χ1n) is 7.20. The van der Waals surface area contributed by atoms with Crippen molar-refractivity contribution in [2.24, 2.45) is 0 Å². The van der Waals surface area contributed by atoms with Gasteiger partial charge >= 0.3 is 6.03 Å². The lowest BCUT2D eigenvalue weighted by atomic mass is 10.2. The highest BCUT2D eigenvalue weighted by atomic mass is 35.5. The van der Waals surface area contributed by atoms with Crippen LogP contribution in [-0.2, 0) is 6.54 Å². The highest BCUT2D eigenvalue weighted by Crippen LogP contribution is 2.17. The SMILES string of the molecule is O=C(Nc1cccc(Cl)c1)Nc1ccn(Cc2ccccc2Cl)n1. The summed E-state index contributed by atoms with van der Waals surface area (Å²) in [6.07, 6.45) is 1.78. The number of anilines is 2. The third kappa shape index (κ3) is 4.28. The van der Waals surface area contributed by atoms with Crippen LogP contribution < -0.4 is 10.6 Å². The fraction of sp³-hybridized carbons (Fsp3) is 0.0588. The maximum absolute atomic E-state index is 12.0. The monoisotopic (exact) mass is 360 g/mol. The van der Waals surface area contributed by atoms with E-state index in [2.05, 4.69) is 15.7 Å². The Morgan fingerprint density at radius 1 is 1.04 bits per heavy atom. The minimum absolute atomic E-state index is 0.389. The molecule has 5 nitrogen and oxygen atoms in total. The van der Waals surface area contributed by atoms with Gasteiger partial charge in [-0.15, -0.1) is 0 Å². The van der Waals surface area contributed by atoms with Gasteiger partial charge in [0, 0.05) is 28.0 Å². The van der Waals surface area contributed by atoms with Crippen molar-refractivity contribution < 1.29 is 4.79 Å². The largest absolute Gasteiger partial charge is 0.324 e. The number of carbonyl (C=O) groups excluding carboxylic acids is 1. The number of hydrogen-bond acceptors (Lipinski definition) is 2. The van der Waals surface area contributed by atoms with Crippen molar-refractivity contribution in [1.29, 1.82) is 0 Å². The summed E-state index contributed by atoms with van der Waals surface area (Å²) in [6, 6.07) is 15.8. The Bertz CT molecular complexity index is 863. The van der Waals surface area contributed by atoms with Gasteiger partial charge in [-0.05, 0) is 29.8 Å². The molecule has 122 valence electrons. The molecule has 0 radical (unpaired) electrons. The highest BCUT2D eigenvalue weighted by molar-refractivity contribution is 6.31. The molecule has 0 aliphatic rings. The maximum Gasteiger partial charge on any atom is 0.324 e. The van der Waals surface area contributed by atoms with Gasteiger partial charge in [0.15, 0.2) is 5.82 Å². The number of hydrogen-bond donors (Lipinski definition) is 2. The molecule has 3 rings (SSSR count). The van der Waals surface area contributed by atoms with Crippen molar-refractivity contribution in [2.75, 3.05) is 10.6 Å². The van der Waals surface area contributed by atoms with E-state index in [1.54, 1.807) is 41.2 Å². The van der Waals surface area contributed by atoms with E-state index >= 15 is 0 Å². The molecule has 2 aromatic carbocycles. The maximum atomic E-state index is 12.0. The predicted molar refractivity (Wildman–Crippen MR) is 96.9 cm³/mol. The number of rotatable bonds is 4. The van der Waals surface area contributed by atoms with Crippen LogP contribution in [0.5, 0.6) is 0 Å². The summed E-state index contributed by atoms with van der Waals surface area (Å²) in [5.74, 6) is 0.446. The first-order chi connectivity index (χ1) is 11.6. The van der Waals surface area contributed by atoms with Gasteiger partial charge in [0.1, 0.15) is 0 Å². The number of aromatic nitrogens is 2. The molecule has 0 fully saturated rings. The van der Waals surface area contributed by atoms with Crippen molar-refractivity contribution in [3.8, 4) is 0 Å². The van der Waals surface area contributed by atoms with Crippen LogP contribution in [0.4, 0.5) is 16.3 Å². The molecule has 0 saturated carbocycles. The molecular weight excluding hydrogens is 347 g/mol. The lowest BCUT2D eigenvalue weighted by Gasteiger charge is -2.06. The molecule has 0 bridgehead atoms. The van der Waals surface area contributed by atoms with Crippen molar-refractivity contribution in [2.45, 2.75) is 6.54 Å². The molecule has 24 heavy (non-hydrogen) atoms. The fourth-order valence-corrected chi connectivity index (χ4v) is 2.55. The minimum Gasteiger partial charge on any atom is -0.308 e. The third-order valence-corrected chi connectivity index (χ3v) is 3.86. The van der Waals surface area contributed by atoms with Crippen LogP contribution in [0.25, 0.3) is 0 Å². The molecule has 2 N–H and O–H groups in total. The van der Waals surface area contributed by atoms with E-state index in [-0.39, 0.29) is 6.03 Å². The van der Waals surface area contributed by atoms with Crippen molar-refractivity contribution in [1.82, 2.24) is 9.78 Å². The second-order valence-corrected chi connectivity index (χ2v) is 5.92. The first kappa shape index (κ1) is 16.4. The normalized spacial score (nSPS) is 10.4. The second kappa shape index (κ2) is 7.38. The Hall–Kier alpha value is -2.50. The Kier molecular flexibility index (Phi) is 5.03. The number of nitrogens with zero attached hydrogens (tertiary/aromatic N) is 2. The van der Waals surface area contributed by atoms with Crippen LogP contribution in [0.15, 0.2) is 60.8 Å². The fourth-order valence-electron chi connectivity index (χ4n) is 2.16. The van der Waals surface area contributed by atoms with E-state index in [1.165, 1.54) is 0 Å². The number of nitrogens with one attached hydrogen (secondary N) is 2. The Labute approximate surface area is 149 Å². The van der Waals surface area contributed by atoms with Crippen molar-refractivity contribution in [3.05, 3.63) is 76.4 Å². The Balaban J connectivity index is 1.61. The zero-order valence-corrected chi connectivity index (χ0v) is 14.1. The molecule has 0 spiro atoms. The Morgan fingerprint density at radius 2 is 1.88 bits per heavy atom. The van der Waals surface area contributed by atoms with Gasteiger partial charge in [-0.1, -0.05) is 47.5 Å². The third-order valence-electron chi connectivity index (χ3n) is 3.25. The highest BCUT2D eigenvalue weighted by Gasteiger charge is 2.07. The quantitative estimate of drug-likeness (QED) is 0.696.